The fourth-order valence-corrected chi connectivity index (χ4v) is 2.91. The summed E-state index contributed by atoms with van der Waals surface area (Å²) in [5, 5.41) is 19.6. The highest BCUT2D eigenvalue weighted by Gasteiger charge is 2.26. The summed E-state index contributed by atoms with van der Waals surface area (Å²) in [7, 11) is 0. The third kappa shape index (κ3) is 5.71. The molecule has 0 bridgehead atoms. The van der Waals surface area contributed by atoms with Crippen LogP contribution in [0.3, 0.4) is 0 Å². The summed E-state index contributed by atoms with van der Waals surface area (Å²) in [4.78, 5) is 35.5. The Balaban J connectivity index is 1.69. The molecule has 2 aromatic carbocycles. The Labute approximate surface area is 190 Å². The molecule has 0 fully saturated rings. The Morgan fingerprint density at radius 3 is 2.32 bits per heavy atom. The first-order valence-electron chi connectivity index (χ1n) is 9.88. The lowest BCUT2D eigenvalue weighted by atomic mass is 10.0. The van der Waals surface area contributed by atoms with Crippen LogP contribution < -0.4 is 16.0 Å². The van der Waals surface area contributed by atoms with Gasteiger partial charge in [0.05, 0.1) is 5.69 Å². The molecule has 12 heteroatoms. The molecule has 1 atom stereocenters. The van der Waals surface area contributed by atoms with Crippen LogP contribution in [-0.2, 0) is 4.79 Å². The number of rotatable bonds is 7. The van der Waals surface area contributed by atoms with Gasteiger partial charge in [-0.3, -0.25) is 4.79 Å². The Morgan fingerprint density at radius 1 is 0.971 bits per heavy atom. The van der Waals surface area contributed by atoms with E-state index < -0.39 is 47.3 Å². The molecule has 0 aliphatic rings. The van der Waals surface area contributed by atoms with Crippen LogP contribution in [0, 0.1) is 23.4 Å². The first-order chi connectivity index (χ1) is 16.0. The zero-order valence-corrected chi connectivity index (χ0v) is 17.9. The predicted octanol–water partition coefficient (Wildman–Crippen LogP) is 4.24. The van der Waals surface area contributed by atoms with Gasteiger partial charge in [-0.1, -0.05) is 19.0 Å². The lowest BCUT2D eigenvalue weighted by Gasteiger charge is -2.16. The molecule has 178 valence electrons. The van der Waals surface area contributed by atoms with Crippen LogP contribution in [0.5, 0.6) is 0 Å². The number of halogens is 3. The summed E-state index contributed by atoms with van der Waals surface area (Å²) in [5.41, 5.74) is -0.351. The van der Waals surface area contributed by atoms with Gasteiger partial charge in [0, 0.05) is 23.4 Å². The van der Waals surface area contributed by atoms with Crippen molar-refractivity contribution in [3.8, 4) is 11.3 Å². The van der Waals surface area contributed by atoms with Crippen LogP contribution in [0.4, 0.5) is 29.3 Å². The highest BCUT2D eigenvalue weighted by atomic mass is 19.1. The van der Waals surface area contributed by atoms with Crippen molar-refractivity contribution >= 4 is 29.3 Å². The number of hydrogen-bond acceptors (Lipinski definition) is 5. The lowest BCUT2D eigenvalue weighted by Crippen LogP contribution is -2.44. The number of carboxylic acids is 1. The summed E-state index contributed by atoms with van der Waals surface area (Å²) in [6, 6.07) is 5.24. The Bertz CT molecular complexity index is 1250. The quantitative estimate of drug-likeness (QED) is 0.403. The van der Waals surface area contributed by atoms with Crippen molar-refractivity contribution in [1.29, 1.82) is 0 Å². The molecule has 34 heavy (non-hydrogen) atoms. The number of urea groups is 1. The molecule has 0 saturated carbocycles. The smallest absolute Gasteiger partial charge is 0.326 e. The molecule has 3 aromatic rings. The van der Waals surface area contributed by atoms with E-state index in [4.69, 9.17) is 4.52 Å². The number of carbonyl (C=O) groups excluding carboxylic acids is 2. The molecule has 0 spiro atoms. The second-order valence-corrected chi connectivity index (χ2v) is 7.51. The number of aliphatic carboxylic acids is 1. The van der Waals surface area contributed by atoms with Crippen molar-refractivity contribution in [2.24, 2.45) is 5.92 Å². The number of amides is 3. The predicted molar refractivity (Wildman–Crippen MR) is 115 cm³/mol. The van der Waals surface area contributed by atoms with E-state index in [-0.39, 0.29) is 28.4 Å². The fraction of sp³-hybridized carbons (Fsp3) is 0.182. The van der Waals surface area contributed by atoms with Gasteiger partial charge in [0.1, 0.15) is 29.2 Å². The second-order valence-electron chi connectivity index (χ2n) is 7.51. The van der Waals surface area contributed by atoms with Gasteiger partial charge < -0.3 is 25.6 Å². The van der Waals surface area contributed by atoms with Gasteiger partial charge >= 0.3 is 12.0 Å². The first kappa shape index (κ1) is 24.3. The molecule has 4 N–H and O–H groups in total. The van der Waals surface area contributed by atoms with E-state index in [1.807, 2.05) is 0 Å². The zero-order valence-electron chi connectivity index (χ0n) is 17.9. The Hall–Kier alpha value is -4.35. The maximum absolute atomic E-state index is 14.6. The highest BCUT2D eigenvalue weighted by Crippen LogP contribution is 2.25. The van der Waals surface area contributed by atoms with Crippen molar-refractivity contribution in [2.75, 3.05) is 10.6 Å². The van der Waals surface area contributed by atoms with Crippen LogP contribution in [0.15, 0.2) is 47.0 Å². The first-order valence-corrected chi connectivity index (χ1v) is 9.88. The van der Waals surface area contributed by atoms with Gasteiger partial charge in [-0.2, -0.15) is 0 Å². The third-order valence-electron chi connectivity index (χ3n) is 4.64. The fourth-order valence-electron chi connectivity index (χ4n) is 2.91. The van der Waals surface area contributed by atoms with Crippen LogP contribution >= 0.6 is 0 Å². The maximum Gasteiger partial charge on any atom is 0.326 e. The van der Waals surface area contributed by atoms with Crippen molar-refractivity contribution in [3.63, 3.8) is 0 Å². The summed E-state index contributed by atoms with van der Waals surface area (Å²) in [6.45, 7) is 3.23. The second kappa shape index (κ2) is 10.1. The number of nitrogens with zero attached hydrogens (tertiary/aromatic N) is 1. The molecule has 3 amide bonds. The number of anilines is 2. The van der Waals surface area contributed by atoms with Gasteiger partial charge in [-0.25, -0.2) is 22.8 Å². The monoisotopic (exact) mass is 476 g/mol. The topological polar surface area (TPSA) is 134 Å². The Morgan fingerprint density at radius 2 is 1.71 bits per heavy atom. The largest absolute Gasteiger partial charge is 0.480 e. The van der Waals surface area contributed by atoms with Crippen LogP contribution in [0.2, 0.25) is 0 Å². The van der Waals surface area contributed by atoms with E-state index >= 15 is 0 Å². The minimum atomic E-state index is -1.22. The molecule has 1 unspecified atom stereocenters. The summed E-state index contributed by atoms with van der Waals surface area (Å²) >= 11 is 0. The molecule has 3 rings (SSSR count). The van der Waals surface area contributed by atoms with E-state index in [0.29, 0.717) is 6.07 Å². The third-order valence-corrected chi connectivity index (χ3v) is 4.64. The van der Waals surface area contributed by atoms with E-state index in [0.717, 1.165) is 24.3 Å². The van der Waals surface area contributed by atoms with Gasteiger partial charge in [0.2, 0.25) is 5.76 Å². The number of carboxylic acid groups (broad SMARTS) is 1. The summed E-state index contributed by atoms with van der Waals surface area (Å²) < 4.78 is 46.1. The molecule has 9 nitrogen and oxygen atoms in total. The normalized spacial score (nSPS) is 11.7. The molecule has 0 saturated heterocycles. The average molecular weight is 476 g/mol. The number of benzene rings is 2. The van der Waals surface area contributed by atoms with Gasteiger partial charge in [0.15, 0.2) is 0 Å². The Kier molecular flexibility index (Phi) is 7.19. The number of aromatic nitrogens is 1. The number of hydrogen-bond donors (Lipinski definition) is 4. The number of carbonyl (C=O) groups is 3. The van der Waals surface area contributed by atoms with E-state index in [2.05, 4.69) is 21.1 Å². The summed E-state index contributed by atoms with van der Waals surface area (Å²) in [5.74, 6) is -5.37. The molecule has 0 aliphatic heterocycles. The molecule has 1 heterocycles. The molecule has 0 radical (unpaired) electrons. The van der Waals surface area contributed by atoms with Crippen molar-refractivity contribution in [2.45, 2.75) is 19.9 Å². The van der Waals surface area contributed by atoms with Crippen molar-refractivity contribution < 1.29 is 37.2 Å². The zero-order chi connectivity index (χ0) is 25.0. The van der Waals surface area contributed by atoms with E-state index in [1.54, 1.807) is 13.8 Å². The number of nitrogens with one attached hydrogen (secondary N) is 3. The minimum absolute atomic E-state index is 0.0176. The van der Waals surface area contributed by atoms with Gasteiger partial charge in [0.25, 0.3) is 5.91 Å². The summed E-state index contributed by atoms with van der Waals surface area (Å²) in [6.07, 6.45) is 0. The van der Waals surface area contributed by atoms with Crippen LogP contribution in [0.25, 0.3) is 11.3 Å². The lowest BCUT2D eigenvalue weighted by molar-refractivity contribution is -0.140. The molecular formula is C22H19F3N4O5. The molecule has 1 aromatic heterocycles. The van der Waals surface area contributed by atoms with E-state index in [9.17, 15) is 32.7 Å². The van der Waals surface area contributed by atoms with E-state index in [1.165, 1.54) is 12.1 Å². The SMILES string of the molecule is CC(C)C(NC(=O)c1cc(-c2ccc(NC(=O)Nc3ccc(F)cc3F)cc2F)no1)C(=O)O. The van der Waals surface area contributed by atoms with Crippen molar-refractivity contribution in [1.82, 2.24) is 10.5 Å². The minimum Gasteiger partial charge on any atom is -0.480 e. The van der Waals surface area contributed by atoms with Crippen LogP contribution in [0.1, 0.15) is 24.4 Å². The standard InChI is InChI=1S/C22H19F3N4O5/c1-10(2)19(21(31)32)28-20(30)18-9-17(29-34-18)13-5-4-12(8-14(13)24)26-22(33)27-16-6-3-11(23)7-15(16)25/h3-10,19H,1-2H3,(H,28,30)(H,31,32)(H2,26,27,33). The van der Waals surface area contributed by atoms with Gasteiger partial charge in [-0.15, -0.1) is 0 Å². The van der Waals surface area contributed by atoms with Crippen molar-refractivity contribution in [3.05, 3.63) is 65.7 Å². The molecular weight excluding hydrogens is 457 g/mol. The maximum atomic E-state index is 14.6. The molecule has 0 aliphatic carbocycles. The van der Waals surface area contributed by atoms with Crippen LogP contribution in [-0.4, -0.2) is 34.2 Å². The average Bonchev–Trinajstić information content (AvgIpc) is 3.23. The highest BCUT2D eigenvalue weighted by molar-refractivity contribution is 6.00. The van der Waals surface area contributed by atoms with Gasteiger partial charge in [-0.05, 0) is 36.2 Å².